The van der Waals surface area contributed by atoms with Crippen molar-refractivity contribution in [2.75, 3.05) is 13.1 Å². The molecule has 0 spiro atoms. The van der Waals surface area contributed by atoms with Gasteiger partial charge in [-0.1, -0.05) is 6.07 Å². The first-order valence-electron chi connectivity index (χ1n) is 6.53. The van der Waals surface area contributed by atoms with Gasteiger partial charge in [-0.2, -0.15) is 0 Å². The van der Waals surface area contributed by atoms with E-state index in [1.165, 1.54) is 11.3 Å². The Balaban J connectivity index is 1.64. The first-order chi connectivity index (χ1) is 10.1. The van der Waals surface area contributed by atoms with Crippen LogP contribution in [0.2, 0.25) is 0 Å². The maximum atomic E-state index is 11.6. The molecule has 0 aliphatic carbocycles. The maximum absolute atomic E-state index is 11.6. The number of ether oxygens (including phenoxy) is 1. The van der Waals surface area contributed by atoms with Crippen LogP contribution < -0.4 is 10.6 Å². The standard InChI is InChI=1S/C13H16N2O5S/c16-11(7-15-12(17)10-2-1-5-21-10)14-6-8-3-4-9(20-8)13(18)19/h1-2,5,8-9H,3-4,6-7H2,(H,14,16)(H,15,17)(H,18,19). The summed E-state index contributed by atoms with van der Waals surface area (Å²) in [6.45, 7) is 0.128. The Morgan fingerprint density at radius 2 is 2.14 bits per heavy atom. The molecule has 1 aromatic heterocycles. The van der Waals surface area contributed by atoms with E-state index >= 15 is 0 Å². The van der Waals surface area contributed by atoms with Crippen molar-refractivity contribution in [1.82, 2.24) is 10.6 Å². The van der Waals surface area contributed by atoms with Gasteiger partial charge in [-0.15, -0.1) is 11.3 Å². The van der Waals surface area contributed by atoms with E-state index in [0.717, 1.165) is 0 Å². The highest BCUT2D eigenvalue weighted by Gasteiger charge is 2.30. The number of rotatable bonds is 6. The lowest BCUT2D eigenvalue weighted by molar-refractivity contribution is -0.149. The topological polar surface area (TPSA) is 105 Å². The number of carbonyl (C=O) groups excluding carboxylic acids is 2. The zero-order valence-electron chi connectivity index (χ0n) is 11.2. The van der Waals surface area contributed by atoms with Crippen molar-refractivity contribution in [1.29, 1.82) is 0 Å². The van der Waals surface area contributed by atoms with Crippen LogP contribution in [0.15, 0.2) is 17.5 Å². The second-order valence-electron chi connectivity index (χ2n) is 4.63. The predicted molar refractivity (Wildman–Crippen MR) is 75.2 cm³/mol. The third-order valence-electron chi connectivity index (χ3n) is 3.06. The van der Waals surface area contributed by atoms with Crippen LogP contribution in [-0.4, -0.2) is 48.2 Å². The number of hydrogen-bond donors (Lipinski definition) is 3. The lowest BCUT2D eigenvalue weighted by Gasteiger charge is -2.12. The first-order valence-corrected chi connectivity index (χ1v) is 7.41. The summed E-state index contributed by atoms with van der Waals surface area (Å²) >= 11 is 1.30. The number of amides is 2. The summed E-state index contributed by atoms with van der Waals surface area (Å²) in [7, 11) is 0. The Kier molecular flexibility index (Phi) is 5.29. The van der Waals surface area contributed by atoms with Gasteiger partial charge in [-0.25, -0.2) is 4.79 Å². The Labute approximate surface area is 125 Å². The minimum absolute atomic E-state index is 0.119. The van der Waals surface area contributed by atoms with Gasteiger partial charge in [0, 0.05) is 6.54 Å². The molecular weight excluding hydrogens is 296 g/mol. The smallest absolute Gasteiger partial charge is 0.332 e. The van der Waals surface area contributed by atoms with E-state index in [9.17, 15) is 14.4 Å². The molecule has 2 heterocycles. The Hall–Kier alpha value is -1.93. The van der Waals surface area contributed by atoms with Gasteiger partial charge in [0.1, 0.15) is 0 Å². The minimum atomic E-state index is -0.980. The van der Waals surface area contributed by atoms with Gasteiger partial charge in [-0.05, 0) is 24.3 Å². The van der Waals surface area contributed by atoms with Crippen LogP contribution in [0.1, 0.15) is 22.5 Å². The third kappa shape index (κ3) is 4.54. The Morgan fingerprint density at radius 1 is 1.33 bits per heavy atom. The molecule has 2 rings (SSSR count). The lowest BCUT2D eigenvalue weighted by atomic mass is 10.2. The minimum Gasteiger partial charge on any atom is -0.479 e. The van der Waals surface area contributed by atoms with Gasteiger partial charge in [0.05, 0.1) is 17.5 Å². The molecule has 21 heavy (non-hydrogen) atoms. The van der Waals surface area contributed by atoms with Crippen LogP contribution in [-0.2, 0) is 14.3 Å². The molecule has 3 N–H and O–H groups in total. The highest BCUT2D eigenvalue weighted by Crippen LogP contribution is 2.19. The molecule has 0 saturated carbocycles. The Bertz CT molecular complexity index is 517. The molecular formula is C13H16N2O5S. The van der Waals surface area contributed by atoms with Crippen molar-refractivity contribution in [3.05, 3.63) is 22.4 Å². The van der Waals surface area contributed by atoms with Gasteiger partial charge in [0.2, 0.25) is 5.91 Å². The third-order valence-corrected chi connectivity index (χ3v) is 3.93. The van der Waals surface area contributed by atoms with Crippen molar-refractivity contribution >= 4 is 29.1 Å². The second kappa shape index (κ2) is 7.19. The van der Waals surface area contributed by atoms with Crippen molar-refractivity contribution in [3.63, 3.8) is 0 Å². The monoisotopic (exact) mass is 312 g/mol. The fraction of sp³-hybridized carbons (Fsp3) is 0.462. The summed E-state index contributed by atoms with van der Waals surface area (Å²) in [6, 6.07) is 3.44. The summed E-state index contributed by atoms with van der Waals surface area (Å²) in [6.07, 6.45) is -0.0301. The average molecular weight is 312 g/mol. The van der Waals surface area contributed by atoms with Crippen molar-refractivity contribution in [2.45, 2.75) is 25.0 Å². The SMILES string of the molecule is O=C(CNC(=O)c1cccs1)NCC1CCC(C(=O)O)O1. The van der Waals surface area contributed by atoms with Gasteiger partial charge >= 0.3 is 5.97 Å². The Morgan fingerprint density at radius 3 is 2.76 bits per heavy atom. The molecule has 7 nitrogen and oxygen atoms in total. The number of thiophene rings is 1. The number of aliphatic carboxylic acids is 1. The van der Waals surface area contributed by atoms with E-state index in [-0.39, 0.29) is 31.0 Å². The molecule has 114 valence electrons. The number of carbonyl (C=O) groups is 3. The van der Waals surface area contributed by atoms with E-state index in [2.05, 4.69) is 10.6 Å². The van der Waals surface area contributed by atoms with Crippen LogP contribution in [0.25, 0.3) is 0 Å². The van der Waals surface area contributed by atoms with E-state index in [1.54, 1.807) is 17.5 Å². The lowest BCUT2D eigenvalue weighted by Crippen LogP contribution is -2.40. The van der Waals surface area contributed by atoms with E-state index in [0.29, 0.717) is 17.7 Å². The molecule has 2 amide bonds. The zero-order valence-corrected chi connectivity index (χ0v) is 12.0. The van der Waals surface area contributed by atoms with Gasteiger partial charge in [-0.3, -0.25) is 9.59 Å². The quantitative estimate of drug-likeness (QED) is 0.697. The number of nitrogens with one attached hydrogen (secondary N) is 2. The van der Waals surface area contributed by atoms with Crippen LogP contribution in [0.5, 0.6) is 0 Å². The average Bonchev–Trinajstić information content (AvgIpc) is 3.13. The van der Waals surface area contributed by atoms with E-state index < -0.39 is 12.1 Å². The van der Waals surface area contributed by atoms with E-state index in [1.807, 2.05) is 0 Å². The number of carboxylic acids is 1. The number of hydrogen-bond acceptors (Lipinski definition) is 5. The van der Waals surface area contributed by atoms with Gasteiger partial charge < -0.3 is 20.5 Å². The molecule has 2 atom stereocenters. The van der Waals surface area contributed by atoms with Crippen molar-refractivity contribution in [2.24, 2.45) is 0 Å². The largest absolute Gasteiger partial charge is 0.479 e. The molecule has 8 heteroatoms. The number of carboxylic acid groups (broad SMARTS) is 1. The van der Waals surface area contributed by atoms with Crippen molar-refractivity contribution in [3.8, 4) is 0 Å². The summed E-state index contributed by atoms with van der Waals surface area (Å²) in [5.41, 5.74) is 0. The van der Waals surface area contributed by atoms with E-state index in [4.69, 9.17) is 9.84 Å². The fourth-order valence-corrected chi connectivity index (χ4v) is 2.62. The second-order valence-corrected chi connectivity index (χ2v) is 5.57. The summed E-state index contributed by atoms with van der Waals surface area (Å²) < 4.78 is 5.26. The molecule has 1 fully saturated rings. The van der Waals surface area contributed by atoms with Crippen LogP contribution >= 0.6 is 11.3 Å². The highest BCUT2D eigenvalue weighted by molar-refractivity contribution is 7.12. The normalized spacial score (nSPS) is 21.0. The van der Waals surface area contributed by atoms with Gasteiger partial charge in [0.15, 0.2) is 6.10 Å². The maximum Gasteiger partial charge on any atom is 0.332 e. The zero-order chi connectivity index (χ0) is 15.2. The molecule has 1 aliphatic heterocycles. The molecule has 0 bridgehead atoms. The summed E-state index contributed by atoms with van der Waals surface area (Å²) in [5.74, 6) is -1.60. The first kappa shape index (κ1) is 15.5. The van der Waals surface area contributed by atoms with Crippen molar-refractivity contribution < 1.29 is 24.2 Å². The molecule has 1 saturated heterocycles. The molecule has 1 aliphatic rings. The molecule has 0 radical (unpaired) electrons. The summed E-state index contributed by atoms with van der Waals surface area (Å²) in [4.78, 5) is 34.5. The molecule has 1 aromatic rings. The summed E-state index contributed by atoms with van der Waals surface area (Å²) in [5, 5.41) is 15.7. The molecule has 0 aromatic carbocycles. The van der Waals surface area contributed by atoms with Crippen LogP contribution in [0, 0.1) is 0 Å². The van der Waals surface area contributed by atoms with Gasteiger partial charge in [0.25, 0.3) is 5.91 Å². The predicted octanol–water partition coefficient (Wildman–Crippen LogP) is 0.226. The highest BCUT2D eigenvalue weighted by atomic mass is 32.1. The fourth-order valence-electron chi connectivity index (χ4n) is 1.98. The van der Waals surface area contributed by atoms with Crippen LogP contribution in [0.3, 0.4) is 0 Å². The van der Waals surface area contributed by atoms with Crippen LogP contribution in [0.4, 0.5) is 0 Å². The molecule has 2 unspecified atom stereocenters.